The van der Waals surface area contributed by atoms with E-state index in [-0.39, 0.29) is 5.57 Å². The summed E-state index contributed by atoms with van der Waals surface area (Å²) in [4.78, 5) is 12.1. The molecule has 0 fully saturated rings. The van der Waals surface area contributed by atoms with Crippen molar-refractivity contribution < 1.29 is 9.21 Å². The minimum absolute atomic E-state index is 0.00212. The van der Waals surface area contributed by atoms with Crippen LogP contribution in [-0.2, 0) is 4.79 Å². The van der Waals surface area contributed by atoms with Gasteiger partial charge in [-0.15, -0.1) is 0 Å². The normalized spacial score (nSPS) is 11.3. The summed E-state index contributed by atoms with van der Waals surface area (Å²) in [5, 5.41) is 11.9. The van der Waals surface area contributed by atoms with Gasteiger partial charge in [-0.05, 0) is 42.7 Å². The van der Waals surface area contributed by atoms with Crippen LogP contribution in [0.15, 0.2) is 46.4 Å². The number of carbonyl (C=O) groups excluding carboxylic acids is 1. The smallest absolute Gasteiger partial charge is 0.266 e. The number of hydrogen-bond donors (Lipinski definition) is 1. The fraction of sp³-hybridized carbons (Fsp3) is 0.222. The van der Waals surface area contributed by atoms with Gasteiger partial charge in [-0.25, -0.2) is 0 Å². The number of nitrogens with zero attached hydrogens (tertiary/aromatic N) is 1. The molecule has 0 atom stereocenters. The summed E-state index contributed by atoms with van der Waals surface area (Å²) in [6.07, 6.45) is 1.44. The second-order valence-electron chi connectivity index (χ2n) is 5.35. The number of furan rings is 1. The molecule has 1 aromatic carbocycles. The van der Waals surface area contributed by atoms with Gasteiger partial charge in [0, 0.05) is 11.8 Å². The lowest BCUT2D eigenvalue weighted by atomic mass is 10.0. The highest BCUT2D eigenvalue weighted by molar-refractivity contribution is 6.09. The lowest BCUT2D eigenvalue weighted by molar-refractivity contribution is -0.112. The van der Waals surface area contributed by atoms with Crippen molar-refractivity contribution in [2.45, 2.75) is 26.7 Å². The Morgan fingerprint density at radius 2 is 1.91 bits per heavy atom. The van der Waals surface area contributed by atoms with Crippen molar-refractivity contribution in [1.82, 2.24) is 0 Å². The van der Waals surface area contributed by atoms with Crippen molar-refractivity contribution >= 4 is 17.7 Å². The third kappa shape index (κ3) is 3.86. The number of carbonyl (C=O) groups is 1. The van der Waals surface area contributed by atoms with Gasteiger partial charge in [0.1, 0.15) is 23.2 Å². The van der Waals surface area contributed by atoms with Gasteiger partial charge in [0.25, 0.3) is 5.91 Å². The zero-order valence-corrected chi connectivity index (χ0v) is 12.9. The quantitative estimate of drug-likeness (QED) is 0.677. The van der Waals surface area contributed by atoms with Gasteiger partial charge >= 0.3 is 0 Å². The highest BCUT2D eigenvalue weighted by Gasteiger charge is 2.11. The molecule has 1 aromatic heterocycles. The van der Waals surface area contributed by atoms with Crippen molar-refractivity contribution in [3.05, 3.63) is 59.1 Å². The minimum atomic E-state index is -0.450. The fourth-order valence-corrected chi connectivity index (χ4v) is 1.97. The van der Waals surface area contributed by atoms with Crippen LogP contribution in [0.5, 0.6) is 0 Å². The third-order valence-electron chi connectivity index (χ3n) is 3.25. The van der Waals surface area contributed by atoms with Crippen molar-refractivity contribution in [2.75, 3.05) is 5.32 Å². The average molecular weight is 294 g/mol. The van der Waals surface area contributed by atoms with Crippen LogP contribution in [0.2, 0.25) is 0 Å². The topological polar surface area (TPSA) is 66.0 Å². The van der Waals surface area contributed by atoms with E-state index in [0.717, 1.165) is 5.76 Å². The molecule has 0 radical (unpaired) electrons. The zero-order chi connectivity index (χ0) is 16.1. The molecule has 2 aromatic rings. The number of nitrogens with one attached hydrogen (secondary N) is 1. The highest BCUT2D eigenvalue weighted by atomic mass is 16.3. The van der Waals surface area contributed by atoms with E-state index in [1.165, 1.54) is 11.6 Å². The molecule has 112 valence electrons. The van der Waals surface area contributed by atoms with E-state index in [9.17, 15) is 4.79 Å². The van der Waals surface area contributed by atoms with Crippen LogP contribution in [0.3, 0.4) is 0 Å². The van der Waals surface area contributed by atoms with Crippen LogP contribution in [0.1, 0.15) is 36.8 Å². The van der Waals surface area contributed by atoms with Gasteiger partial charge in [-0.1, -0.05) is 26.0 Å². The third-order valence-corrected chi connectivity index (χ3v) is 3.25. The molecule has 4 heteroatoms. The molecule has 4 nitrogen and oxygen atoms in total. The molecule has 0 spiro atoms. The highest BCUT2D eigenvalue weighted by Crippen LogP contribution is 2.18. The van der Waals surface area contributed by atoms with Gasteiger partial charge in [0.05, 0.1) is 0 Å². The second-order valence-corrected chi connectivity index (χ2v) is 5.35. The van der Waals surface area contributed by atoms with Crippen LogP contribution in [0.4, 0.5) is 5.69 Å². The second kappa shape index (κ2) is 6.77. The van der Waals surface area contributed by atoms with Gasteiger partial charge in [-0.3, -0.25) is 4.79 Å². The van der Waals surface area contributed by atoms with Crippen LogP contribution in [-0.4, -0.2) is 5.91 Å². The van der Waals surface area contributed by atoms with E-state index >= 15 is 0 Å². The largest absolute Gasteiger partial charge is 0.462 e. The number of nitriles is 1. The average Bonchev–Trinajstić information content (AvgIpc) is 2.90. The summed E-state index contributed by atoms with van der Waals surface area (Å²) >= 11 is 0. The minimum Gasteiger partial charge on any atom is -0.462 e. The Labute approximate surface area is 130 Å². The molecule has 1 amide bonds. The Hall–Kier alpha value is -2.80. The first-order chi connectivity index (χ1) is 10.5. The Balaban J connectivity index is 2.13. The first-order valence-corrected chi connectivity index (χ1v) is 7.09. The molecule has 22 heavy (non-hydrogen) atoms. The van der Waals surface area contributed by atoms with E-state index in [1.54, 1.807) is 19.1 Å². The number of anilines is 1. The molecule has 0 saturated carbocycles. The summed E-state index contributed by atoms with van der Waals surface area (Å²) in [5.74, 6) is 1.20. The van der Waals surface area contributed by atoms with Crippen molar-refractivity contribution in [3.63, 3.8) is 0 Å². The monoisotopic (exact) mass is 294 g/mol. The lowest BCUT2D eigenvalue weighted by Crippen LogP contribution is -2.13. The molecule has 0 bridgehead atoms. The number of aryl methyl sites for hydroxylation is 1. The summed E-state index contributed by atoms with van der Waals surface area (Å²) < 4.78 is 5.35. The Bertz CT molecular complexity index is 731. The molecule has 0 saturated heterocycles. The van der Waals surface area contributed by atoms with E-state index in [1.807, 2.05) is 30.3 Å². The maximum Gasteiger partial charge on any atom is 0.266 e. The number of amides is 1. The van der Waals surface area contributed by atoms with Gasteiger partial charge in [0.2, 0.25) is 0 Å². The predicted molar refractivity (Wildman–Crippen MR) is 86.2 cm³/mol. The predicted octanol–water partition coefficient (Wildman–Crippen LogP) is 4.26. The van der Waals surface area contributed by atoms with Gasteiger partial charge in [-0.2, -0.15) is 5.26 Å². The molecular weight excluding hydrogens is 276 g/mol. The van der Waals surface area contributed by atoms with E-state index in [4.69, 9.17) is 9.68 Å². The first kappa shape index (κ1) is 15.6. The van der Waals surface area contributed by atoms with Gasteiger partial charge < -0.3 is 9.73 Å². The van der Waals surface area contributed by atoms with Gasteiger partial charge in [0.15, 0.2) is 0 Å². The standard InChI is InChI=1S/C18H18N2O2/c1-12(2)14-5-7-16(8-6-14)20-18(21)15(11-19)10-17-9-4-13(3)22-17/h4-10,12H,1-3H3,(H,20,21). The molecule has 2 rings (SSSR count). The van der Waals surface area contributed by atoms with E-state index < -0.39 is 5.91 Å². The molecule has 0 aliphatic rings. The Morgan fingerprint density at radius 1 is 1.23 bits per heavy atom. The molecule has 1 heterocycles. The summed E-state index contributed by atoms with van der Waals surface area (Å²) in [6.45, 7) is 6.02. The lowest BCUT2D eigenvalue weighted by Gasteiger charge is -2.08. The Kier molecular flexibility index (Phi) is 4.80. The molecule has 0 aliphatic heterocycles. The van der Waals surface area contributed by atoms with Crippen molar-refractivity contribution in [2.24, 2.45) is 0 Å². The van der Waals surface area contributed by atoms with E-state index in [0.29, 0.717) is 17.4 Å². The number of benzene rings is 1. The van der Waals surface area contributed by atoms with Crippen LogP contribution >= 0.6 is 0 Å². The maximum atomic E-state index is 12.1. The van der Waals surface area contributed by atoms with Crippen molar-refractivity contribution in [1.29, 1.82) is 5.26 Å². The molecular formula is C18H18N2O2. The molecule has 1 N–H and O–H groups in total. The fourth-order valence-electron chi connectivity index (χ4n) is 1.97. The molecule has 0 unspecified atom stereocenters. The SMILES string of the molecule is Cc1ccc(C=C(C#N)C(=O)Nc2ccc(C(C)C)cc2)o1. The van der Waals surface area contributed by atoms with Crippen LogP contribution in [0, 0.1) is 18.3 Å². The zero-order valence-electron chi connectivity index (χ0n) is 12.9. The summed E-state index contributed by atoms with van der Waals surface area (Å²) in [5.41, 5.74) is 1.86. The van der Waals surface area contributed by atoms with Crippen LogP contribution in [0.25, 0.3) is 6.08 Å². The van der Waals surface area contributed by atoms with E-state index in [2.05, 4.69) is 19.2 Å². The van der Waals surface area contributed by atoms with Crippen molar-refractivity contribution in [3.8, 4) is 6.07 Å². The number of hydrogen-bond acceptors (Lipinski definition) is 3. The summed E-state index contributed by atoms with van der Waals surface area (Å²) in [7, 11) is 0. The molecule has 0 aliphatic carbocycles. The summed E-state index contributed by atoms with van der Waals surface area (Å²) in [6, 6.07) is 13.0. The number of rotatable bonds is 4. The Morgan fingerprint density at radius 3 is 2.41 bits per heavy atom. The van der Waals surface area contributed by atoms with Crippen LogP contribution < -0.4 is 5.32 Å². The maximum absolute atomic E-state index is 12.1. The first-order valence-electron chi connectivity index (χ1n) is 7.09.